The van der Waals surface area contributed by atoms with Crippen LogP contribution in [0.25, 0.3) is 0 Å². The van der Waals surface area contributed by atoms with E-state index in [-0.39, 0.29) is 12.5 Å². The third-order valence-corrected chi connectivity index (χ3v) is 2.61. The Bertz CT molecular complexity index is 430. The molecule has 3 N–H and O–H groups in total. The van der Waals surface area contributed by atoms with Gasteiger partial charge in [0.2, 0.25) is 0 Å². The zero-order chi connectivity index (χ0) is 13.0. The summed E-state index contributed by atoms with van der Waals surface area (Å²) in [6.45, 7) is 1.24. The number of hydrogen-bond acceptors (Lipinski definition) is 5. The predicted octanol–water partition coefficient (Wildman–Crippen LogP) is 0.631. The molecule has 6 heteroatoms. The second-order valence-electron chi connectivity index (χ2n) is 3.88. The third-order valence-electron chi connectivity index (χ3n) is 2.61. The van der Waals surface area contributed by atoms with Crippen molar-refractivity contribution < 1.29 is 19.0 Å². The van der Waals surface area contributed by atoms with Gasteiger partial charge in [-0.1, -0.05) is 0 Å². The molecule has 1 aliphatic rings. The first-order chi connectivity index (χ1) is 8.70. The monoisotopic (exact) mass is 252 g/mol. The largest absolute Gasteiger partial charge is 0.495 e. The van der Waals surface area contributed by atoms with E-state index in [1.807, 2.05) is 0 Å². The molecule has 1 heterocycles. The first kappa shape index (κ1) is 12.7. The van der Waals surface area contributed by atoms with Gasteiger partial charge in [0.15, 0.2) is 6.10 Å². The summed E-state index contributed by atoms with van der Waals surface area (Å²) in [4.78, 5) is 11.9. The molecule has 0 spiro atoms. The molecular formula is C12H16N2O4. The summed E-state index contributed by atoms with van der Waals surface area (Å²) >= 11 is 0. The van der Waals surface area contributed by atoms with Crippen LogP contribution in [0.2, 0.25) is 0 Å². The van der Waals surface area contributed by atoms with Gasteiger partial charge in [0.25, 0.3) is 5.91 Å². The first-order valence-corrected chi connectivity index (χ1v) is 5.64. The van der Waals surface area contributed by atoms with Gasteiger partial charge in [-0.15, -0.1) is 0 Å². The standard InChI is InChI=1S/C12H16N2O4/c1-16-10-6-8(2-3-9(10)13)14-12(15)11-7-17-4-5-18-11/h2-3,6,11H,4-5,7,13H2,1H3,(H,14,15). The van der Waals surface area contributed by atoms with Crippen LogP contribution in [0.1, 0.15) is 0 Å². The molecule has 6 nitrogen and oxygen atoms in total. The van der Waals surface area contributed by atoms with Crippen LogP contribution in [0.15, 0.2) is 18.2 Å². The van der Waals surface area contributed by atoms with Crippen LogP contribution in [0.5, 0.6) is 5.75 Å². The van der Waals surface area contributed by atoms with Crippen LogP contribution < -0.4 is 15.8 Å². The van der Waals surface area contributed by atoms with Gasteiger partial charge in [-0.05, 0) is 12.1 Å². The Morgan fingerprint density at radius 2 is 2.33 bits per heavy atom. The molecule has 1 amide bonds. The van der Waals surface area contributed by atoms with Crippen molar-refractivity contribution in [3.05, 3.63) is 18.2 Å². The van der Waals surface area contributed by atoms with E-state index in [1.165, 1.54) is 7.11 Å². The van der Waals surface area contributed by atoms with Crippen LogP contribution in [-0.2, 0) is 14.3 Å². The van der Waals surface area contributed by atoms with Crippen molar-refractivity contribution in [2.24, 2.45) is 0 Å². The number of benzene rings is 1. The lowest BCUT2D eigenvalue weighted by Crippen LogP contribution is -2.39. The summed E-state index contributed by atoms with van der Waals surface area (Å²) in [7, 11) is 1.52. The van der Waals surface area contributed by atoms with E-state index in [1.54, 1.807) is 18.2 Å². The maximum absolute atomic E-state index is 11.9. The number of nitrogens with one attached hydrogen (secondary N) is 1. The van der Waals surface area contributed by atoms with Crippen LogP contribution in [0.3, 0.4) is 0 Å². The quantitative estimate of drug-likeness (QED) is 0.771. The highest BCUT2D eigenvalue weighted by Gasteiger charge is 2.22. The minimum Gasteiger partial charge on any atom is -0.495 e. The van der Waals surface area contributed by atoms with Gasteiger partial charge >= 0.3 is 0 Å². The number of nitrogens with two attached hydrogens (primary N) is 1. The van der Waals surface area contributed by atoms with Crippen LogP contribution in [-0.4, -0.2) is 38.9 Å². The van der Waals surface area contributed by atoms with Gasteiger partial charge in [-0.2, -0.15) is 0 Å². The van der Waals surface area contributed by atoms with Crippen molar-refractivity contribution in [2.45, 2.75) is 6.10 Å². The minimum atomic E-state index is -0.567. The molecule has 0 bridgehead atoms. The summed E-state index contributed by atoms with van der Waals surface area (Å²) in [5.74, 6) is 0.287. The number of carbonyl (C=O) groups excluding carboxylic acids is 1. The second-order valence-corrected chi connectivity index (χ2v) is 3.88. The number of rotatable bonds is 3. The highest BCUT2D eigenvalue weighted by atomic mass is 16.6. The van der Waals surface area contributed by atoms with E-state index in [9.17, 15) is 4.79 Å². The van der Waals surface area contributed by atoms with Crippen molar-refractivity contribution in [2.75, 3.05) is 38.0 Å². The third kappa shape index (κ3) is 2.91. The summed E-state index contributed by atoms with van der Waals surface area (Å²) in [6, 6.07) is 5.04. The van der Waals surface area contributed by atoms with E-state index < -0.39 is 6.10 Å². The molecule has 2 rings (SSSR count). The Morgan fingerprint density at radius 3 is 3.00 bits per heavy atom. The van der Waals surface area contributed by atoms with Gasteiger partial charge < -0.3 is 25.3 Å². The van der Waals surface area contributed by atoms with Crippen molar-refractivity contribution in [3.8, 4) is 5.75 Å². The topological polar surface area (TPSA) is 82.8 Å². The van der Waals surface area contributed by atoms with E-state index >= 15 is 0 Å². The molecule has 1 aromatic rings. The predicted molar refractivity (Wildman–Crippen MR) is 66.6 cm³/mol. The highest BCUT2D eigenvalue weighted by Crippen LogP contribution is 2.25. The van der Waals surface area contributed by atoms with Gasteiger partial charge in [-0.25, -0.2) is 0 Å². The molecular weight excluding hydrogens is 236 g/mol. The van der Waals surface area contributed by atoms with Gasteiger partial charge in [0, 0.05) is 11.8 Å². The molecule has 0 aliphatic carbocycles. The lowest BCUT2D eigenvalue weighted by atomic mass is 10.2. The van der Waals surface area contributed by atoms with E-state index in [4.69, 9.17) is 19.9 Å². The molecule has 0 aromatic heterocycles. The van der Waals surface area contributed by atoms with E-state index in [2.05, 4.69) is 5.32 Å². The lowest BCUT2D eigenvalue weighted by molar-refractivity contribution is -0.142. The maximum Gasteiger partial charge on any atom is 0.255 e. The molecule has 0 saturated carbocycles. The van der Waals surface area contributed by atoms with Crippen molar-refractivity contribution in [1.82, 2.24) is 0 Å². The van der Waals surface area contributed by atoms with Crippen molar-refractivity contribution in [1.29, 1.82) is 0 Å². The fourth-order valence-corrected chi connectivity index (χ4v) is 1.65. The SMILES string of the molecule is COc1cc(NC(=O)C2COCCO2)ccc1N. The fourth-order valence-electron chi connectivity index (χ4n) is 1.65. The summed E-state index contributed by atoms with van der Waals surface area (Å²) < 4.78 is 15.6. The van der Waals surface area contributed by atoms with Crippen LogP contribution in [0.4, 0.5) is 11.4 Å². The molecule has 1 saturated heterocycles. The Labute approximate surface area is 105 Å². The number of methoxy groups -OCH3 is 1. The molecule has 0 radical (unpaired) electrons. The minimum absolute atomic E-state index is 0.235. The summed E-state index contributed by atoms with van der Waals surface area (Å²) in [5, 5.41) is 2.73. The van der Waals surface area contributed by atoms with Crippen LogP contribution in [0, 0.1) is 0 Å². The smallest absolute Gasteiger partial charge is 0.255 e. The highest BCUT2D eigenvalue weighted by molar-refractivity contribution is 5.94. The average molecular weight is 252 g/mol. The Balaban J connectivity index is 2.02. The normalized spacial score (nSPS) is 19.3. The summed E-state index contributed by atoms with van der Waals surface area (Å²) in [6.07, 6.45) is -0.567. The van der Waals surface area contributed by atoms with Crippen LogP contribution >= 0.6 is 0 Å². The zero-order valence-corrected chi connectivity index (χ0v) is 10.1. The number of nitrogen functional groups attached to an aromatic ring is 1. The molecule has 98 valence electrons. The zero-order valence-electron chi connectivity index (χ0n) is 10.1. The van der Waals surface area contributed by atoms with Crippen molar-refractivity contribution in [3.63, 3.8) is 0 Å². The van der Waals surface area contributed by atoms with Gasteiger partial charge in [0.05, 0.1) is 32.6 Å². The number of ether oxygens (including phenoxy) is 3. The molecule has 1 atom stereocenters. The summed E-state index contributed by atoms with van der Waals surface area (Å²) in [5.41, 5.74) is 6.82. The number of hydrogen-bond donors (Lipinski definition) is 2. The lowest BCUT2D eigenvalue weighted by Gasteiger charge is -2.22. The van der Waals surface area contributed by atoms with Gasteiger partial charge in [-0.3, -0.25) is 4.79 Å². The van der Waals surface area contributed by atoms with E-state index in [0.29, 0.717) is 30.3 Å². The van der Waals surface area contributed by atoms with E-state index in [0.717, 1.165) is 0 Å². The fraction of sp³-hybridized carbons (Fsp3) is 0.417. The second kappa shape index (κ2) is 5.70. The Kier molecular flexibility index (Phi) is 4.01. The average Bonchev–Trinajstić information content (AvgIpc) is 2.42. The number of amides is 1. The molecule has 1 unspecified atom stereocenters. The van der Waals surface area contributed by atoms with Crippen molar-refractivity contribution >= 4 is 17.3 Å². The Morgan fingerprint density at radius 1 is 1.50 bits per heavy atom. The molecule has 1 fully saturated rings. The number of anilines is 2. The number of carbonyl (C=O) groups is 1. The first-order valence-electron chi connectivity index (χ1n) is 5.64. The maximum atomic E-state index is 11.9. The molecule has 1 aliphatic heterocycles. The van der Waals surface area contributed by atoms with Gasteiger partial charge in [0.1, 0.15) is 5.75 Å². The Hall–Kier alpha value is -1.79. The molecule has 18 heavy (non-hydrogen) atoms. The molecule has 1 aromatic carbocycles.